The summed E-state index contributed by atoms with van der Waals surface area (Å²) >= 11 is 3.61. The summed E-state index contributed by atoms with van der Waals surface area (Å²) in [6.07, 6.45) is 1.88. The molecule has 2 aromatic carbocycles. The molecule has 0 unspecified atom stereocenters. The van der Waals surface area contributed by atoms with Crippen molar-refractivity contribution in [1.29, 1.82) is 10.5 Å². The first-order valence-corrected chi connectivity index (χ1v) is 8.90. The molecule has 0 saturated carbocycles. The highest BCUT2D eigenvalue weighted by atomic mass is 79.9. The number of halogens is 1. The van der Waals surface area contributed by atoms with Gasteiger partial charge in [0.05, 0.1) is 29.0 Å². The summed E-state index contributed by atoms with van der Waals surface area (Å²) in [6.45, 7) is 4.09. The van der Waals surface area contributed by atoms with Crippen LogP contribution in [0.25, 0.3) is 17.3 Å². The number of para-hydroxylation sites is 1. The van der Waals surface area contributed by atoms with Gasteiger partial charge in [-0.2, -0.15) is 10.5 Å². The van der Waals surface area contributed by atoms with Crippen molar-refractivity contribution in [2.75, 3.05) is 0 Å². The molecule has 0 fully saturated rings. The third kappa shape index (κ3) is 3.33. The fourth-order valence-electron chi connectivity index (χ4n) is 3.03. The van der Waals surface area contributed by atoms with Gasteiger partial charge in [-0.25, -0.2) is 0 Å². The highest BCUT2D eigenvalue weighted by molar-refractivity contribution is 9.10. The van der Waals surface area contributed by atoms with Gasteiger partial charge < -0.3 is 4.57 Å². The van der Waals surface area contributed by atoms with Gasteiger partial charge in [-0.05, 0) is 77.3 Å². The molecule has 1 heterocycles. The average Bonchev–Trinajstić information content (AvgIpc) is 2.93. The number of nitrogens with zero attached hydrogens (tertiary/aromatic N) is 3. The molecule has 0 N–H and O–H groups in total. The van der Waals surface area contributed by atoms with Crippen LogP contribution in [-0.2, 0) is 0 Å². The van der Waals surface area contributed by atoms with Gasteiger partial charge in [-0.1, -0.05) is 24.3 Å². The molecule has 26 heavy (non-hydrogen) atoms. The number of hydrogen-bond donors (Lipinski definition) is 0. The Morgan fingerprint density at radius 3 is 2.50 bits per heavy atom. The number of benzene rings is 2. The van der Waals surface area contributed by atoms with Crippen LogP contribution in [-0.4, -0.2) is 4.57 Å². The van der Waals surface area contributed by atoms with Gasteiger partial charge in [0.2, 0.25) is 0 Å². The van der Waals surface area contributed by atoms with Crippen molar-refractivity contribution in [3.05, 3.63) is 87.1 Å². The minimum absolute atomic E-state index is 0.537. The fraction of sp³-hybridized carbons (Fsp3) is 0.0909. The van der Waals surface area contributed by atoms with Crippen LogP contribution in [0.4, 0.5) is 0 Å². The first kappa shape index (κ1) is 17.7. The quantitative estimate of drug-likeness (QED) is 0.521. The molecule has 0 aliphatic heterocycles. The van der Waals surface area contributed by atoms with Gasteiger partial charge in [0.1, 0.15) is 0 Å². The highest BCUT2D eigenvalue weighted by Crippen LogP contribution is 2.29. The molecular formula is C22H16BrN3. The van der Waals surface area contributed by atoms with Crippen molar-refractivity contribution in [1.82, 2.24) is 4.57 Å². The monoisotopic (exact) mass is 401 g/mol. The molecule has 3 aromatic rings. The standard InChI is InChI=1S/C22H16BrN3/c1-15-10-19(16(2)26(15)22-9-4-3-8-21(22)23)12-20(14-25)18-7-5-6-17(11-18)13-24/h3-12H,1-2H3/b20-12-. The molecule has 3 nitrogen and oxygen atoms in total. The Morgan fingerprint density at radius 2 is 1.81 bits per heavy atom. The van der Waals surface area contributed by atoms with Crippen molar-refractivity contribution < 1.29 is 0 Å². The molecule has 4 heteroatoms. The summed E-state index contributed by atoms with van der Waals surface area (Å²) in [4.78, 5) is 0. The minimum atomic E-state index is 0.537. The lowest BCUT2D eigenvalue weighted by molar-refractivity contribution is 0.959. The van der Waals surface area contributed by atoms with Crippen molar-refractivity contribution in [3.63, 3.8) is 0 Å². The molecule has 0 radical (unpaired) electrons. The highest BCUT2D eigenvalue weighted by Gasteiger charge is 2.12. The van der Waals surface area contributed by atoms with E-state index in [0.717, 1.165) is 32.7 Å². The summed E-state index contributed by atoms with van der Waals surface area (Å²) < 4.78 is 3.18. The second-order valence-corrected chi connectivity index (χ2v) is 6.83. The van der Waals surface area contributed by atoms with Gasteiger partial charge in [0, 0.05) is 15.9 Å². The van der Waals surface area contributed by atoms with Crippen molar-refractivity contribution in [2.24, 2.45) is 0 Å². The lowest BCUT2D eigenvalue weighted by Gasteiger charge is -2.11. The van der Waals surface area contributed by atoms with Crippen LogP contribution in [0.5, 0.6) is 0 Å². The molecule has 0 aliphatic carbocycles. The first-order chi connectivity index (χ1) is 12.5. The lowest BCUT2D eigenvalue weighted by Crippen LogP contribution is -1.99. The van der Waals surface area contributed by atoms with E-state index in [2.05, 4.69) is 44.8 Å². The minimum Gasteiger partial charge on any atom is -0.317 e. The van der Waals surface area contributed by atoms with E-state index in [-0.39, 0.29) is 0 Å². The van der Waals surface area contributed by atoms with Crippen molar-refractivity contribution >= 4 is 27.6 Å². The zero-order valence-corrected chi connectivity index (χ0v) is 16.1. The number of rotatable bonds is 3. The maximum atomic E-state index is 9.62. The number of allylic oxidation sites excluding steroid dienone is 1. The van der Waals surface area contributed by atoms with Crippen LogP contribution < -0.4 is 0 Å². The molecule has 1 aromatic heterocycles. The molecule has 0 aliphatic rings. The smallest absolute Gasteiger partial charge is 0.0998 e. The third-order valence-electron chi connectivity index (χ3n) is 4.29. The van der Waals surface area contributed by atoms with E-state index in [9.17, 15) is 5.26 Å². The zero-order valence-electron chi connectivity index (χ0n) is 14.5. The fourth-order valence-corrected chi connectivity index (χ4v) is 3.49. The molecule has 3 rings (SSSR count). The largest absolute Gasteiger partial charge is 0.317 e. The van der Waals surface area contributed by atoms with E-state index in [1.807, 2.05) is 44.2 Å². The average molecular weight is 402 g/mol. The molecule has 126 valence electrons. The van der Waals surface area contributed by atoms with Gasteiger partial charge in [0.15, 0.2) is 0 Å². The summed E-state index contributed by atoms with van der Waals surface area (Å²) in [5.41, 5.74) is 6.01. The molecule has 0 spiro atoms. The lowest BCUT2D eigenvalue weighted by atomic mass is 10.0. The summed E-state index contributed by atoms with van der Waals surface area (Å²) in [6, 6.07) is 21.6. The molecule has 0 bridgehead atoms. The predicted molar refractivity (Wildman–Crippen MR) is 108 cm³/mol. The molecule has 0 saturated heterocycles. The van der Waals surface area contributed by atoms with Crippen LogP contribution in [0.15, 0.2) is 59.1 Å². The van der Waals surface area contributed by atoms with Crippen LogP contribution >= 0.6 is 15.9 Å². The van der Waals surface area contributed by atoms with Gasteiger partial charge in [0.25, 0.3) is 0 Å². The van der Waals surface area contributed by atoms with E-state index in [4.69, 9.17) is 5.26 Å². The van der Waals surface area contributed by atoms with E-state index >= 15 is 0 Å². The van der Waals surface area contributed by atoms with E-state index in [1.165, 1.54) is 0 Å². The van der Waals surface area contributed by atoms with E-state index < -0.39 is 0 Å². The Labute approximate surface area is 161 Å². The van der Waals surface area contributed by atoms with Gasteiger partial charge >= 0.3 is 0 Å². The van der Waals surface area contributed by atoms with Crippen LogP contribution in [0, 0.1) is 36.5 Å². The normalized spacial score (nSPS) is 11.0. The number of aryl methyl sites for hydroxylation is 1. The maximum absolute atomic E-state index is 9.62. The Kier molecular flexibility index (Phi) is 5.07. The topological polar surface area (TPSA) is 52.5 Å². The molecule has 0 amide bonds. The second kappa shape index (κ2) is 7.44. The van der Waals surface area contributed by atoms with Crippen LogP contribution in [0.3, 0.4) is 0 Å². The Hall–Kier alpha value is -3.08. The molecule has 0 atom stereocenters. The van der Waals surface area contributed by atoms with E-state index in [0.29, 0.717) is 11.1 Å². The first-order valence-electron chi connectivity index (χ1n) is 8.11. The van der Waals surface area contributed by atoms with Crippen LogP contribution in [0.2, 0.25) is 0 Å². The maximum Gasteiger partial charge on any atom is 0.0998 e. The van der Waals surface area contributed by atoms with Crippen molar-refractivity contribution in [2.45, 2.75) is 13.8 Å². The number of aromatic nitrogens is 1. The summed E-state index contributed by atoms with van der Waals surface area (Å²) in [7, 11) is 0. The van der Waals surface area contributed by atoms with Crippen LogP contribution in [0.1, 0.15) is 28.1 Å². The van der Waals surface area contributed by atoms with Gasteiger partial charge in [-0.15, -0.1) is 0 Å². The summed E-state index contributed by atoms with van der Waals surface area (Å²) in [5.74, 6) is 0. The Morgan fingerprint density at radius 1 is 1.04 bits per heavy atom. The Bertz CT molecular complexity index is 1090. The zero-order chi connectivity index (χ0) is 18.7. The number of hydrogen-bond acceptors (Lipinski definition) is 2. The summed E-state index contributed by atoms with van der Waals surface area (Å²) in [5, 5.41) is 18.7. The number of nitriles is 2. The third-order valence-corrected chi connectivity index (χ3v) is 4.96. The SMILES string of the molecule is Cc1cc(/C=C(/C#N)c2cccc(C#N)c2)c(C)n1-c1ccccc1Br. The van der Waals surface area contributed by atoms with Crippen molar-refractivity contribution in [3.8, 4) is 17.8 Å². The molecular weight excluding hydrogens is 386 g/mol. The Balaban J connectivity index is 2.12. The second-order valence-electron chi connectivity index (χ2n) is 5.98. The predicted octanol–water partition coefficient (Wildman–Crippen LogP) is 5.79. The van der Waals surface area contributed by atoms with Gasteiger partial charge in [-0.3, -0.25) is 0 Å². The van der Waals surface area contributed by atoms with E-state index in [1.54, 1.807) is 18.2 Å².